The van der Waals surface area contributed by atoms with Crippen LogP contribution < -0.4 is 4.90 Å². The average Bonchev–Trinajstić information content (AvgIpc) is 3.19. The Kier molecular flexibility index (Phi) is 5.15. The number of benzene rings is 1. The second kappa shape index (κ2) is 7.68. The molecule has 2 aliphatic heterocycles. The van der Waals surface area contributed by atoms with Crippen molar-refractivity contribution in [2.45, 2.75) is 44.5 Å². The van der Waals surface area contributed by atoms with E-state index < -0.39 is 0 Å². The van der Waals surface area contributed by atoms with Crippen molar-refractivity contribution in [2.24, 2.45) is 0 Å². The van der Waals surface area contributed by atoms with E-state index in [0.29, 0.717) is 12.2 Å². The second-order valence-electron chi connectivity index (χ2n) is 6.98. The molecular formula is C20H26N2O3. The summed E-state index contributed by atoms with van der Waals surface area (Å²) in [4.78, 5) is 7.09. The zero-order valence-electron chi connectivity index (χ0n) is 14.6. The summed E-state index contributed by atoms with van der Waals surface area (Å²) in [6.45, 7) is 3.44. The van der Waals surface area contributed by atoms with Gasteiger partial charge in [0, 0.05) is 30.6 Å². The summed E-state index contributed by atoms with van der Waals surface area (Å²) in [7, 11) is 0. The summed E-state index contributed by atoms with van der Waals surface area (Å²) in [5.74, 6) is 0.916. The molecule has 0 aliphatic carbocycles. The maximum Gasteiger partial charge on any atom is 0.134 e. The van der Waals surface area contributed by atoms with Crippen molar-refractivity contribution in [2.75, 3.05) is 31.2 Å². The maximum absolute atomic E-state index is 9.76. The van der Waals surface area contributed by atoms with Crippen LogP contribution in [0.15, 0.2) is 30.3 Å². The predicted molar refractivity (Wildman–Crippen MR) is 97.8 cm³/mol. The number of aliphatic hydroxyl groups excluding tert-OH is 1. The van der Waals surface area contributed by atoms with E-state index in [0.717, 1.165) is 74.3 Å². The number of aromatic nitrogens is 1. The summed E-state index contributed by atoms with van der Waals surface area (Å²) in [6.07, 6.45) is 4.86. The highest BCUT2D eigenvalue weighted by Gasteiger charge is 2.24. The van der Waals surface area contributed by atoms with E-state index in [1.807, 2.05) is 24.3 Å². The minimum Gasteiger partial charge on any atom is -0.392 e. The Morgan fingerprint density at radius 3 is 2.80 bits per heavy atom. The van der Waals surface area contributed by atoms with Gasteiger partial charge in [0.25, 0.3) is 0 Å². The number of hydrogen-bond acceptors (Lipinski definition) is 5. The molecule has 1 aromatic heterocycles. The fraction of sp³-hybridized carbons (Fsp3) is 0.550. The van der Waals surface area contributed by atoms with Crippen molar-refractivity contribution in [1.29, 1.82) is 0 Å². The first kappa shape index (κ1) is 16.8. The number of anilines is 1. The molecule has 5 nitrogen and oxygen atoms in total. The van der Waals surface area contributed by atoms with Crippen LogP contribution in [0.3, 0.4) is 0 Å². The molecule has 2 saturated heterocycles. The van der Waals surface area contributed by atoms with Crippen molar-refractivity contribution in [3.05, 3.63) is 35.9 Å². The van der Waals surface area contributed by atoms with Crippen LogP contribution in [-0.4, -0.2) is 48.6 Å². The zero-order valence-corrected chi connectivity index (χ0v) is 14.6. The van der Waals surface area contributed by atoms with Gasteiger partial charge in [-0.2, -0.15) is 0 Å². The highest BCUT2D eigenvalue weighted by Crippen LogP contribution is 2.27. The van der Waals surface area contributed by atoms with Gasteiger partial charge in [0.1, 0.15) is 5.82 Å². The third kappa shape index (κ3) is 3.78. The van der Waals surface area contributed by atoms with E-state index in [9.17, 15) is 5.11 Å². The van der Waals surface area contributed by atoms with Gasteiger partial charge < -0.3 is 19.5 Å². The molecule has 2 aliphatic rings. The van der Waals surface area contributed by atoms with Gasteiger partial charge in [-0.05, 0) is 37.8 Å². The van der Waals surface area contributed by atoms with Gasteiger partial charge >= 0.3 is 0 Å². The fourth-order valence-electron chi connectivity index (χ4n) is 3.79. The maximum atomic E-state index is 9.76. The molecule has 1 N–H and O–H groups in total. The molecular weight excluding hydrogens is 316 g/mol. The van der Waals surface area contributed by atoms with Crippen molar-refractivity contribution in [1.82, 2.24) is 4.98 Å². The molecule has 0 saturated carbocycles. The number of aliphatic hydroxyl groups is 1. The smallest absolute Gasteiger partial charge is 0.134 e. The minimum atomic E-state index is 0.0165. The van der Waals surface area contributed by atoms with Gasteiger partial charge in [0.15, 0.2) is 0 Å². The lowest BCUT2D eigenvalue weighted by molar-refractivity contribution is -0.0280. The quantitative estimate of drug-likeness (QED) is 0.905. The number of para-hydroxylation sites is 1. The molecule has 1 unspecified atom stereocenters. The molecule has 0 spiro atoms. The largest absolute Gasteiger partial charge is 0.392 e. The van der Waals surface area contributed by atoms with Gasteiger partial charge in [-0.15, -0.1) is 0 Å². The SMILES string of the molecule is OCc1cc2ccccc2nc1N1CCC(OCC2CCCO2)CC1. The molecule has 0 amide bonds. The Morgan fingerprint density at radius 2 is 2.04 bits per heavy atom. The first-order valence-corrected chi connectivity index (χ1v) is 9.31. The van der Waals surface area contributed by atoms with E-state index in [1.165, 1.54) is 0 Å². The van der Waals surface area contributed by atoms with E-state index in [4.69, 9.17) is 14.5 Å². The van der Waals surface area contributed by atoms with Crippen LogP contribution >= 0.6 is 0 Å². The van der Waals surface area contributed by atoms with Gasteiger partial charge in [-0.1, -0.05) is 18.2 Å². The summed E-state index contributed by atoms with van der Waals surface area (Å²) in [5.41, 5.74) is 1.88. The van der Waals surface area contributed by atoms with Gasteiger partial charge in [0.05, 0.1) is 30.9 Å². The topological polar surface area (TPSA) is 54.8 Å². The van der Waals surface area contributed by atoms with Gasteiger partial charge in [0.2, 0.25) is 0 Å². The predicted octanol–water partition coefficient (Wildman–Crippen LogP) is 2.89. The second-order valence-corrected chi connectivity index (χ2v) is 6.98. The number of fused-ring (bicyclic) bond motifs is 1. The van der Waals surface area contributed by atoms with Crippen LogP contribution in [0.4, 0.5) is 5.82 Å². The minimum absolute atomic E-state index is 0.0165. The molecule has 2 aromatic rings. The fourth-order valence-corrected chi connectivity index (χ4v) is 3.79. The third-order valence-corrected chi connectivity index (χ3v) is 5.23. The number of rotatable bonds is 5. The van der Waals surface area contributed by atoms with Crippen molar-refractivity contribution in [3.8, 4) is 0 Å². The van der Waals surface area contributed by atoms with Gasteiger partial charge in [-0.25, -0.2) is 4.98 Å². The monoisotopic (exact) mass is 342 g/mol. The number of pyridine rings is 1. The standard InChI is InChI=1S/C20H26N2O3/c23-13-16-12-15-4-1-2-6-19(15)21-20(16)22-9-7-17(8-10-22)25-14-18-5-3-11-24-18/h1-2,4,6,12,17-18,23H,3,5,7-11,13-14H2. The molecule has 5 heteroatoms. The normalized spacial score (nSPS) is 22.0. The highest BCUT2D eigenvalue weighted by molar-refractivity contribution is 5.81. The van der Waals surface area contributed by atoms with Gasteiger partial charge in [-0.3, -0.25) is 0 Å². The lowest BCUT2D eigenvalue weighted by Crippen LogP contribution is -2.38. The van der Waals surface area contributed by atoms with Crippen molar-refractivity contribution < 1.29 is 14.6 Å². The first-order chi connectivity index (χ1) is 12.3. The van der Waals surface area contributed by atoms with E-state index in [2.05, 4.69) is 11.0 Å². The van der Waals surface area contributed by atoms with Crippen LogP contribution in [0.25, 0.3) is 10.9 Å². The first-order valence-electron chi connectivity index (χ1n) is 9.31. The van der Waals surface area contributed by atoms with E-state index in [-0.39, 0.29) is 6.61 Å². The van der Waals surface area contributed by atoms with Crippen LogP contribution in [0.2, 0.25) is 0 Å². The number of piperidine rings is 1. The van der Waals surface area contributed by atoms with Crippen LogP contribution in [0.5, 0.6) is 0 Å². The summed E-state index contributed by atoms with van der Waals surface area (Å²) < 4.78 is 11.7. The Bertz CT molecular complexity index is 707. The Labute approximate surface area is 148 Å². The highest BCUT2D eigenvalue weighted by atomic mass is 16.5. The summed E-state index contributed by atoms with van der Waals surface area (Å²) >= 11 is 0. The van der Waals surface area contributed by atoms with Crippen LogP contribution in [0.1, 0.15) is 31.2 Å². The Morgan fingerprint density at radius 1 is 1.20 bits per heavy atom. The zero-order chi connectivity index (χ0) is 17.1. The van der Waals surface area contributed by atoms with E-state index in [1.54, 1.807) is 0 Å². The van der Waals surface area contributed by atoms with Crippen LogP contribution in [-0.2, 0) is 16.1 Å². The lowest BCUT2D eigenvalue weighted by Gasteiger charge is -2.34. The molecule has 4 rings (SSSR count). The van der Waals surface area contributed by atoms with Crippen molar-refractivity contribution in [3.63, 3.8) is 0 Å². The number of hydrogen-bond donors (Lipinski definition) is 1. The van der Waals surface area contributed by atoms with E-state index >= 15 is 0 Å². The molecule has 2 fully saturated rings. The van der Waals surface area contributed by atoms with Crippen LogP contribution in [0, 0.1) is 0 Å². The summed E-state index contributed by atoms with van der Waals surface area (Å²) in [5, 5.41) is 10.8. The molecule has 0 radical (unpaired) electrons. The molecule has 1 atom stereocenters. The number of ether oxygens (including phenoxy) is 2. The Balaban J connectivity index is 1.40. The molecule has 134 valence electrons. The molecule has 25 heavy (non-hydrogen) atoms. The average molecular weight is 342 g/mol. The third-order valence-electron chi connectivity index (χ3n) is 5.23. The lowest BCUT2D eigenvalue weighted by atomic mass is 10.1. The Hall–Kier alpha value is -1.69. The van der Waals surface area contributed by atoms with Crippen molar-refractivity contribution >= 4 is 16.7 Å². The molecule has 0 bridgehead atoms. The number of nitrogens with zero attached hydrogens (tertiary/aromatic N) is 2. The summed E-state index contributed by atoms with van der Waals surface area (Å²) in [6, 6.07) is 10.1. The molecule has 3 heterocycles. The molecule has 1 aromatic carbocycles.